The van der Waals surface area contributed by atoms with Gasteiger partial charge in [-0.25, -0.2) is 4.98 Å². The van der Waals surface area contributed by atoms with Crippen LogP contribution < -0.4 is 10.1 Å². The number of aryl methyl sites for hydroxylation is 3. The highest BCUT2D eigenvalue weighted by atomic mass is 32.1. The summed E-state index contributed by atoms with van der Waals surface area (Å²) in [6, 6.07) is 4.46. The Morgan fingerprint density at radius 2 is 2.00 bits per heavy atom. The smallest absolute Gasteiger partial charge is 0.122 e. The summed E-state index contributed by atoms with van der Waals surface area (Å²) in [6.07, 6.45) is 0. The molecule has 1 heterocycles. The first-order valence-corrected chi connectivity index (χ1v) is 7.75. The van der Waals surface area contributed by atoms with E-state index in [9.17, 15) is 0 Å². The average molecular weight is 290 g/mol. The first-order valence-electron chi connectivity index (χ1n) is 6.87. The standard InChI is InChI=1S/C16H22N2OS/c1-6-17-16(14-9-20-12(4)18-14)13-7-11(3)15(19-5)8-10(13)2/h7-9,16-17H,6H2,1-5H3. The van der Waals surface area contributed by atoms with Gasteiger partial charge in [-0.2, -0.15) is 0 Å². The number of hydrogen-bond donors (Lipinski definition) is 1. The molecule has 2 aromatic rings. The van der Waals surface area contributed by atoms with Crippen LogP contribution in [0.15, 0.2) is 17.5 Å². The van der Waals surface area contributed by atoms with Gasteiger partial charge in [0.2, 0.25) is 0 Å². The van der Waals surface area contributed by atoms with Crippen molar-refractivity contribution in [2.45, 2.75) is 33.7 Å². The Morgan fingerprint density at radius 1 is 1.25 bits per heavy atom. The fourth-order valence-corrected chi connectivity index (χ4v) is 3.07. The monoisotopic (exact) mass is 290 g/mol. The molecule has 1 atom stereocenters. The van der Waals surface area contributed by atoms with E-state index in [1.165, 1.54) is 11.1 Å². The van der Waals surface area contributed by atoms with Crippen molar-refractivity contribution in [2.75, 3.05) is 13.7 Å². The normalized spacial score (nSPS) is 12.4. The Kier molecular flexibility index (Phi) is 4.78. The van der Waals surface area contributed by atoms with Crippen molar-refractivity contribution in [3.05, 3.63) is 44.9 Å². The highest BCUT2D eigenvalue weighted by Crippen LogP contribution is 2.30. The summed E-state index contributed by atoms with van der Waals surface area (Å²) in [5.41, 5.74) is 4.75. The molecule has 0 aliphatic rings. The number of nitrogens with one attached hydrogen (secondary N) is 1. The van der Waals surface area contributed by atoms with Crippen molar-refractivity contribution in [3.63, 3.8) is 0 Å². The molecule has 2 rings (SSSR count). The fraction of sp³-hybridized carbons (Fsp3) is 0.438. The summed E-state index contributed by atoms with van der Waals surface area (Å²) < 4.78 is 5.40. The number of methoxy groups -OCH3 is 1. The predicted molar refractivity (Wildman–Crippen MR) is 84.8 cm³/mol. The number of ether oxygens (including phenoxy) is 1. The average Bonchev–Trinajstić information content (AvgIpc) is 2.85. The van der Waals surface area contributed by atoms with E-state index in [0.717, 1.165) is 28.6 Å². The van der Waals surface area contributed by atoms with Crippen molar-refractivity contribution < 1.29 is 4.74 Å². The lowest BCUT2D eigenvalue weighted by atomic mass is 9.96. The van der Waals surface area contributed by atoms with Gasteiger partial charge >= 0.3 is 0 Å². The van der Waals surface area contributed by atoms with Gasteiger partial charge in [0.15, 0.2) is 0 Å². The third kappa shape index (κ3) is 3.02. The van der Waals surface area contributed by atoms with Crippen LogP contribution in [0.1, 0.15) is 40.4 Å². The lowest BCUT2D eigenvalue weighted by molar-refractivity contribution is 0.411. The van der Waals surface area contributed by atoms with Gasteiger partial charge in [0.1, 0.15) is 5.75 Å². The minimum absolute atomic E-state index is 0.148. The molecule has 0 fully saturated rings. The van der Waals surface area contributed by atoms with Gasteiger partial charge in [-0.3, -0.25) is 0 Å². The topological polar surface area (TPSA) is 34.2 Å². The van der Waals surface area contributed by atoms with E-state index in [1.807, 2.05) is 6.92 Å². The molecule has 1 unspecified atom stereocenters. The molecule has 0 saturated heterocycles. The summed E-state index contributed by atoms with van der Waals surface area (Å²) in [5, 5.41) is 6.78. The minimum atomic E-state index is 0.148. The molecule has 1 N–H and O–H groups in total. The van der Waals surface area contributed by atoms with Crippen LogP contribution in [0.25, 0.3) is 0 Å². The van der Waals surface area contributed by atoms with Crippen LogP contribution >= 0.6 is 11.3 Å². The maximum absolute atomic E-state index is 5.40. The van der Waals surface area contributed by atoms with E-state index in [-0.39, 0.29) is 6.04 Å². The summed E-state index contributed by atoms with van der Waals surface area (Å²) in [6.45, 7) is 9.28. The van der Waals surface area contributed by atoms with Crippen LogP contribution in [0.2, 0.25) is 0 Å². The molecule has 1 aromatic carbocycles. The summed E-state index contributed by atoms with van der Waals surface area (Å²) in [4.78, 5) is 4.64. The van der Waals surface area contributed by atoms with Gasteiger partial charge in [-0.15, -0.1) is 11.3 Å². The first kappa shape index (κ1) is 15.0. The number of rotatable bonds is 5. The Balaban J connectivity index is 2.46. The Hall–Kier alpha value is -1.39. The zero-order chi connectivity index (χ0) is 14.7. The minimum Gasteiger partial charge on any atom is -0.496 e. The maximum Gasteiger partial charge on any atom is 0.122 e. The summed E-state index contributed by atoms with van der Waals surface area (Å²) >= 11 is 1.70. The summed E-state index contributed by atoms with van der Waals surface area (Å²) in [5.74, 6) is 0.941. The molecule has 3 nitrogen and oxygen atoms in total. The second-order valence-electron chi connectivity index (χ2n) is 4.96. The molecule has 108 valence electrons. The molecule has 0 aliphatic heterocycles. The first-order chi connectivity index (χ1) is 9.56. The van der Waals surface area contributed by atoms with E-state index in [2.05, 4.69) is 48.6 Å². The second-order valence-corrected chi connectivity index (χ2v) is 6.02. The molecular weight excluding hydrogens is 268 g/mol. The molecule has 1 aromatic heterocycles. The molecule has 0 aliphatic carbocycles. The SMILES string of the molecule is CCNC(c1csc(C)n1)c1cc(C)c(OC)cc1C. The van der Waals surface area contributed by atoms with Gasteiger partial charge in [-0.1, -0.05) is 13.0 Å². The largest absolute Gasteiger partial charge is 0.496 e. The molecule has 4 heteroatoms. The molecule has 0 bridgehead atoms. The number of hydrogen-bond acceptors (Lipinski definition) is 4. The maximum atomic E-state index is 5.40. The zero-order valence-corrected chi connectivity index (χ0v) is 13.6. The zero-order valence-electron chi connectivity index (χ0n) is 12.8. The van der Waals surface area contributed by atoms with Crippen LogP contribution in [0.5, 0.6) is 5.75 Å². The van der Waals surface area contributed by atoms with Gasteiger partial charge in [0, 0.05) is 5.38 Å². The Morgan fingerprint density at radius 3 is 2.55 bits per heavy atom. The molecule has 0 saturated carbocycles. The number of benzene rings is 1. The van der Waals surface area contributed by atoms with E-state index >= 15 is 0 Å². The predicted octanol–water partition coefficient (Wildman–Crippen LogP) is 3.78. The van der Waals surface area contributed by atoms with Crippen molar-refractivity contribution in [1.29, 1.82) is 0 Å². The Labute approximate surface area is 125 Å². The van der Waals surface area contributed by atoms with Crippen molar-refractivity contribution in [1.82, 2.24) is 10.3 Å². The third-order valence-corrected chi connectivity index (χ3v) is 4.23. The number of thiazole rings is 1. The second kappa shape index (κ2) is 6.37. The van der Waals surface area contributed by atoms with E-state index < -0.39 is 0 Å². The number of nitrogens with zero attached hydrogens (tertiary/aromatic N) is 1. The van der Waals surface area contributed by atoms with E-state index in [1.54, 1.807) is 18.4 Å². The van der Waals surface area contributed by atoms with Crippen molar-refractivity contribution >= 4 is 11.3 Å². The molecule has 20 heavy (non-hydrogen) atoms. The van der Waals surface area contributed by atoms with Gasteiger partial charge in [-0.05, 0) is 50.1 Å². The molecule has 0 spiro atoms. The van der Waals surface area contributed by atoms with Crippen LogP contribution in [0.3, 0.4) is 0 Å². The highest BCUT2D eigenvalue weighted by molar-refractivity contribution is 7.09. The lowest BCUT2D eigenvalue weighted by Crippen LogP contribution is -2.23. The number of aromatic nitrogens is 1. The van der Waals surface area contributed by atoms with Crippen LogP contribution in [0.4, 0.5) is 0 Å². The quantitative estimate of drug-likeness (QED) is 0.910. The van der Waals surface area contributed by atoms with Crippen LogP contribution in [-0.4, -0.2) is 18.6 Å². The van der Waals surface area contributed by atoms with Crippen molar-refractivity contribution in [2.24, 2.45) is 0 Å². The van der Waals surface area contributed by atoms with Crippen LogP contribution in [-0.2, 0) is 0 Å². The van der Waals surface area contributed by atoms with E-state index in [0.29, 0.717) is 0 Å². The Bertz CT molecular complexity index is 592. The van der Waals surface area contributed by atoms with Crippen molar-refractivity contribution in [3.8, 4) is 5.75 Å². The van der Waals surface area contributed by atoms with Gasteiger partial charge < -0.3 is 10.1 Å². The van der Waals surface area contributed by atoms with E-state index in [4.69, 9.17) is 4.74 Å². The molecular formula is C16H22N2OS. The summed E-state index contributed by atoms with van der Waals surface area (Å²) in [7, 11) is 1.72. The third-order valence-electron chi connectivity index (χ3n) is 3.44. The lowest BCUT2D eigenvalue weighted by Gasteiger charge is -2.20. The van der Waals surface area contributed by atoms with Crippen LogP contribution in [0, 0.1) is 20.8 Å². The van der Waals surface area contributed by atoms with Gasteiger partial charge in [0.25, 0.3) is 0 Å². The fourth-order valence-electron chi connectivity index (χ4n) is 2.43. The highest BCUT2D eigenvalue weighted by Gasteiger charge is 2.19. The molecule has 0 amide bonds. The van der Waals surface area contributed by atoms with Gasteiger partial charge in [0.05, 0.1) is 23.9 Å². The molecule has 0 radical (unpaired) electrons.